The lowest BCUT2D eigenvalue weighted by molar-refractivity contribution is 0.103. The fraction of sp³-hybridized carbons (Fsp3) is 0.235. The molecule has 3 rings (SSSR count). The first-order valence-corrected chi connectivity index (χ1v) is 7.12. The molecule has 0 aromatic heterocycles. The van der Waals surface area contributed by atoms with Gasteiger partial charge in [0, 0.05) is 11.1 Å². The van der Waals surface area contributed by atoms with Crippen LogP contribution in [0.4, 0.5) is 4.39 Å². The highest BCUT2D eigenvalue weighted by Crippen LogP contribution is 2.36. The van der Waals surface area contributed by atoms with Crippen LogP contribution >= 0.6 is 11.6 Å². The minimum absolute atomic E-state index is 0.0295. The largest absolute Gasteiger partial charge is 0.289 e. The van der Waals surface area contributed by atoms with E-state index < -0.39 is 5.82 Å². The van der Waals surface area contributed by atoms with Gasteiger partial charge >= 0.3 is 0 Å². The molecule has 20 heavy (non-hydrogen) atoms. The molecule has 2 aromatic rings. The molecule has 1 saturated carbocycles. The van der Waals surface area contributed by atoms with Gasteiger partial charge in [0.15, 0.2) is 5.78 Å². The Balaban J connectivity index is 1.84. The van der Waals surface area contributed by atoms with Crippen molar-refractivity contribution in [3.05, 3.63) is 70.0 Å². The molecule has 0 N–H and O–H groups in total. The second kappa shape index (κ2) is 5.37. The topological polar surface area (TPSA) is 17.1 Å². The molecule has 1 aliphatic rings. The zero-order valence-electron chi connectivity index (χ0n) is 10.9. The van der Waals surface area contributed by atoms with Crippen LogP contribution in [0.5, 0.6) is 0 Å². The van der Waals surface area contributed by atoms with E-state index in [-0.39, 0.29) is 10.8 Å². The molecule has 0 radical (unpaired) electrons. The van der Waals surface area contributed by atoms with Crippen molar-refractivity contribution in [2.24, 2.45) is 0 Å². The van der Waals surface area contributed by atoms with Gasteiger partial charge in [-0.25, -0.2) is 4.39 Å². The van der Waals surface area contributed by atoms with E-state index in [0.717, 1.165) is 0 Å². The van der Waals surface area contributed by atoms with Gasteiger partial charge in [-0.1, -0.05) is 42.3 Å². The predicted molar refractivity (Wildman–Crippen MR) is 77.9 cm³/mol. The van der Waals surface area contributed by atoms with Gasteiger partial charge < -0.3 is 0 Å². The lowest BCUT2D eigenvalue weighted by Crippen LogP contribution is -2.09. The molecule has 0 atom stereocenters. The summed E-state index contributed by atoms with van der Waals surface area (Å²) in [4.78, 5) is 12.3. The number of halogens is 2. The molecule has 0 spiro atoms. The molecule has 0 saturated heterocycles. The summed E-state index contributed by atoms with van der Waals surface area (Å²) in [6, 6.07) is 11.8. The fourth-order valence-corrected chi connectivity index (χ4v) is 2.57. The van der Waals surface area contributed by atoms with Gasteiger partial charge in [0.05, 0.1) is 5.02 Å². The molecule has 1 aliphatic carbocycles. The minimum Gasteiger partial charge on any atom is -0.289 e. The molecule has 102 valence electrons. The van der Waals surface area contributed by atoms with Crippen LogP contribution in [-0.2, 0) is 0 Å². The molecule has 0 bridgehead atoms. The highest BCUT2D eigenvalue weighted by atomic mass is 35.5. The summed E-state index contributed by atoms with van der Waals surface area (Å²) < 4.78 is 13.4. The van der Waals surface area contributed by atoms with E-state index in [1.54, 1.807) is 6.07 Å². The average molecular weight is 289 g/mol. The van der Waals surface area contributed by atoms with E-state index in [4.69, 9.17) is 11.6 Å². The first-order chi connectivity index (χ1) is 9.65. The van der Waals surface area contributed by atoms with E-state index in [2.05, 4.69) is 0 Å². The molecule has 0 heterocycles. The maximum absolute atomic E-state index is 13.4. The molecule has 1 nitrogen and oxygen atoms in total. The van der Waals surface area contributed by atoms with E-state index in [9.17, 15) is 9.18 Å². The SMILES string of the molecule is O=C(c1ccc(C2CCC2)cc1)c1ccc(Cl)c(F)c1. The van der Waals surface area contributed by atoms with Gasteiger partial charge in [-0.2, -0.15) is 0 Å². The number of hydrogen-bond acceptors (Lipinski definition) is 1. The lowest BCUT2D eigenvalue weighted by atomic mass is 9.80. The van der Waals surface area contributed by atoms with Crippen molar-refractivity contribution in [3.8, 4) is 0 Å². The van der Waals surface area contributed by atoms with Crippen LogP contribution in [0.2, 0.25) is 5.02 Å². The second-order valence-electron chi connectivity index (χ2n) is 5.21. The summed E-state index contributed by atoms with van der Waals surface area (Å²) in [5, 5.41) is 0.0295. The average Bonchev–Trinajstić information content (AvgIpc) is 2.40. The normalized spacial score (nSPS) is 14.9. The van der Waals surface area contributed by atoms with Crippen molar-refractivity contribution in [3.63, 3.8) is 0 Å². The van der Waals surface area contributed by atoms with Crippen molar-refractivity contribution in [2.75, 3.05) is 0 Å². The highest BCUT2D eigenvalue weighted by Gasteiger charge is 2.19. The van der Waals surface area contributed by atoms with E-state index in [1.165, 1.54) is 37.0 Å². The molecule has 1 fully saturated rings. The summed E-state index contributed by atoms with van der Waals surface area (Å²) in [5.41, 5.74) is 2.19. The number of carbonyl (C=O) groups is 1. The van der Waals surface area contributed by atoms with Crippen LogP contribution in [0, 0.1) is 5.82 Å². The Morgan fingerprint density at radius 1 is 1.05 bits per heavy atom. The fourth-order valence-electron chi connectivity index (χ4n) is 2.45. The van der Waals surface area contributed by atoms with Gasteiger partial charge in [0.1, 0.15) is 5.82 Å². The Kier molecular flexibility index (Phi) is 3.58. The summed E-state index contributed by atoms with van der Waals surface area (Å²) in [6.07, 6.45) is 3.75. The van der Waals surface area contributed by atoms with Gasteiger partial charge in [0.2, 0.25) is 0 Å². The Morgan fingerprint density at radius 2 is 1.70 bits per heavy atom. The molecular formula is C17H14ClFO. The van der Waals surface area contributed by atoms with Gasteiger partial charge in [-0.05, 0) is 42.5 Å². The lowest BCUT2D eigenvalue weighted by Gasteiger charge is -2.25. The third-order valence-corrected chi connectivity index (χ3v) is 4.24. The quantitative estimate of drug-likeness (QED) is 0.728. The van der Waals surface area contributed by atoms with Crippen LogP contribution in [0.25, 0.3) is 0 Å². The monoisotopic (exact) mass is 288 g/mol. The number of hydrogen-bond donors (Lipinski definition) is 0. The maximum atomic E-state index is 13.4. The van der Waals surface area contributed by atoms with Gasteiger partial charge in [-0.15, -0.1) is 0 Å². The summed E-state index contributed by atoms with van der Waals surface area (Å²) in [7, 11) is 0. The molecule has 2 aromatic carbocycles. The number of benzene rings is 2. The zero-order chi connectivity index (χ0) is 14.1. The first-order valence-electron chi connectivity index (χ1n) is 6.75. The van der Waals surface area contributed by atoms with Crippen molar-refractivity contribution in [1.82, 2.24) is 0 Å². The third-order valence-electron chi connectivity index (χ3n) is 3.93. The Labute approximate surface area is 122 Å². The van der Waals surface area contributed by atoms with Crippen LogP contribution in [0.1, 0.15) is 46.7 Å². The number of rotatable bonds is 3. The minimum atomic E-state index is -0.566. The second-order valence-corrected chi connectivity index (χ2v) is 5.62. The molecule has 0 amide bonds. The molecular weight excluding hydrogens is 275 g/mol. The summed E-state index contributed by atoms with van der Waals surface area (Å²) >= 11 is 5.62. The Hall–Kier alpha value is -1.67. The molecule has 0 aliphatic heterocycles. The molecule has 3 heteroatoms. The number of carbonyl (C=O) groups excluding carboxylic acids is 1. The van der Waals surface area contributed by atoms with Crippen LogP contribution < -0.4 is 0 Å². The Morgan fingerprint density at radius 3 is 2.25 bits per heavy atom. The van der Waals surface area contributed by atoms with Crippen molar-refractivity contribution in [1.29, 1.82) is 0 Å². The summed E-state index contributed by atoms with van der Waals surface area (Å²) in [6.45, 7) is 0. The van der Waals surface area contributed by atoms with Crippen molar-refractivity contribution < 1.29 is 9.18 Å². The van der Waals surface area contributed by atoms with Gasteiger partial charge in [0.25, 0.3) is 0 Å². The Bertz CT molecular complexity index is 645. The maximum Gasteiger partial charge on any atom is 0.193 e. The predicted octanol–water partition coefficient (Wildman–Crippen LogP) is 4.98. The number of ketones is 1. The van der Waals surface area contributed by atoms with Crippen molar-refractivity contribution >= 4 is 17.4 Å². The highest BCUT2D eigenvalue weighted by molar-refractivity contribution is 6.30. The van der Waals surface area contributed by atoms with E-state index in [0.29, 0.717) is 17.0 Å². The van der Waals surface area contributed by atoms with Crippen LogP contribution in [0.3, 0.4) is 0 Å². The van der Waals surface area contributed by atoms with Crippen molar-refractivity contribution in [2.45, 2.75) is 25.2 Å². The first kappa shape index (κ1) is 13.3. The summed E-state index contributed by atoms with van der Waals surface area (Å²) in [5.74, 6) is -0.101. The standard InChI is InChI=1S/C17H14ClFO/c18-15-9-8-14(10-16(15)19)17(20)13-6-4-12(5-7-13)11-2-1-3-11/h4-11H,1-3H2. The van der Waals surface area contributed by atoms with Crippen LogP contribution in [0.15, 0.2) is 42.5 Å². The molecule has 0 unspecified atom stereocenters. The van der Waals surface area contributed by atoms with Crippen LogP contribution in [-0.4, -0.2) is 5.78 Å². The van der Waals surface area contributed by atoms with E-state index >= 15 is 0 Å². The zero-order valence-corrected chi connectivity index (χ0v) is 11.7. The smallest absolute Gasteiger partial charge is 0.193 e. The van der Waals surface area contributed by atoms with Gasteiger partial charge in [-0.3, -0.25) is 4.79 Å². The van der Waals surface area contributed by atoms with E-state index in [1.807, 2.05) is 24.3 Å². The third kappa shape index (κ3) is 2.48.